The summed E-state index contributed by atoms with van der Waals surface area (Å²) in [6.45, 7) is 7.35. The van der Waals surface area contributed by atoms with Gasteiger partial charge in [0.25, 0.3) is 0 Å². The van der Waals surface area contributed by atoms with Gasteiger partial charge in [-0.25, -0.2) is 14.5 Å². The molecule has 2 amide bonds. The van der Waals surface area contributed by atoms with Crippen LogP contribution in [0, 0.1) is 0 Å². The summed E-state index contributed by atoms with van der Waals surface area (Å²) in [6, 6.07) is 9.80. The Morgan fingerprint density at radius 2 is 2.00 bits per heavy atom. The van der Waals surface area contributed by atoms with E-state index < -0.39 is 0 Å². The van der Waals surface area contributed by atoms with E-state index >= 15 is 0 Å². The van der Waals surface area contributed by atoms with Gasteiger partial charge in [-0.15, -0.1) is 0 Å². The van der Waals surface area contributed by atoms with Crippen LogP contribution in [-0.4, -0.2) is 63.1 Å². The van der Waals surface area contributed by atoms with E-state index in [9.17, 15) is 9.59 Å². The van der Waals surface area contributed by atoms with E-state index in [1.807, 2.05) is 59.8 Å². The predicted molar refractivity (Wildman–Crippen MR) is 126 cm³/mol. The number of aromatic nitrogens is 3. The molecule has 2 aromatic heterocycles. The van der Waals surface area contributed by atoms with E-state index in [0.29, 0.717) is 18.8 Å². The number of carbonyl (C=O) groups excluding carboxylic acids is 2. The number of hydrazine groups is 1. The molecule has 3 aromatic rings. The van der Waals surface area contributed by atoms with E-state index in [2.05, 4.69) is 29.2 Å². The highest BCUT2D eigenvalue weighted by Crippen LogP contribution is 2.41. The van der Waals surface area contributed by atoms with Crippen LogP contribution in [0.3, 0.4) is 0 Å². The Balaban J connectivity index is 1.30. The summed E-state index contributed by atoms with van der Waals surface area (Å²) >= 11 is 0. The third kappa shape index (κ3) is 3.84. The highest BCUT2D eigenvalue weighted by molar-refractivity contribution is 5.97. The minimum Gasteiger partial charge on any atom is -0.324 e. The number of hydrogen-bond acceptors (Lipinski definition) is 6. The molecule has 1 N–H and O–H groups in total. The Morgan fingerprint density at radius 3 is 2.79 bits per heavy atom. The van der Waals surface area contributed by atoms with Gasteiger partial charge in [0.05, 0.1) is 0 Å². The molecule has 0 fully saturated rings. The summed E-state index contributed by atoms with van der Waals surface area (Å²) in [4.78, 5) is 31.0. The number of likely N-dealkylation sites (N-methyl/N-ethyl adjacent to an activating group) is 1. The molecule has 0 bridgehead atoms. The molecule has 33 heavy (non-hydrogen) atoms. The number of amides is 2. The van der Waals surface area contributed by atoms with Crippen LogP contribution in [-0.2, 0) is 15.0 Å². The number of pyridine rings is 1. The fourth-order valence-electron chi connectivity index (χ4n) is 4.60. The normalized spacial score (nSPS) is 17.4. The van der Waals surface area contributed by atoms with Crippen LogP contribution in [0.25, 0.3) is 11.2 Å². The van der Waals surface area contributed by atoms with E-state index in [4.69, 9.17) is 0 Å². The zero-order chi connectivity index (χ0) is 23.3. The van der Waals surface area contributed by atoms with E-state index in [0.717, 1.165) is 28.0 Å². The van der Waals surface area contributed by atoms with Crippen LogP contribution in [0.5, 0.6) is 0 Å². The third-order valence-electron chi connectivity index (χ3n) is 6.33. The molecule has 0 saturated carbocycles. The maximum Gasteiger partial charge on any atom is 0.245 e. The summed E-state index contributed by atoms with van der Waals surface area (Å²) in [5.74, 6) is -0.121. The molecular formula is C24H27N7O2. The number of benzene rings is 1. The molecule has 0 spiro atoms. The first-order valence-electron chi connectivity index (χ1n) is 10.9. The lowest BCUT2D eigenvalue weighted by Crippen LogP contribution is -2.37. The minimum absolute atomic E-state index is 0.00553. The van der Waals surface area contributed by atoms with E-state index in [1.165, 1.54) is 6.33 Å². The van der Waals surface area contributed by atoms with E-state index in [-0.39, 0.29) is 23.8 Å². The van der Waals surface area contributed by atoms with E-state index in [1.54, 1.807) is 16.3 Å². The van der Waals surface area contributed by atoms with Crippen molar-refractivity contribution in [1.29, 1.82) is 0 Å². The van der Waals surface area contributed by atoms with Gasteiger partial charge in [0.15, 0.2) is 5.65 Å². The van der Waals surface area contributed by atoms with Gasteiger partial charge in [0.2, 0.25) is 11.8 Å². The molecule has 4 heterocycles. The zero-order valence-electron chi connectivity index (χ0n) is 19.2. The van der Waals surface area contributed by atoms with Gasteiger partial charge in [0, 0.05) is 56.2 Å². The van der Waals surface area contributed by atoms with Gasteiger partial charge in [-0.2, -0.15) is 5.10 Å². The quantitative estimate of drug-likeness (QED) is 0.664. The minimum atomic E-state index is -0.126. The van der Waals surface area contributed by atoms with Gasteiger partial charge in [0.1, 0.15) is 12.9 Å². The molecule has 9 heteroatoms. The zero-order valence-corrected chi connectivity index (χ0v) is 19.2. The number of anilines is 2. The summed E-state index contributed by atoms with van der Waals surface area (Å²) in [6.07, 6.45) is 5.40. The van der Waals surface area contributed by atoms with Crippen LogP contribution in [0.4, 0.5) is 11.4 Å². The monoisotopic (exact) mass is 445 g/mol. The molecule has 0 unspecified atom stereocenters. The molecule has 0 atom stereocenters. The third-order valence-corrected chi connectivity index (χ3v) is 6.33. The number of hydrogen-bond donors (Lipinski definition) is 1. The summed E-state index contributed by atoms with van der Waals surface area (Å²) in [5.41, 5.74) is 5.50. The molecule has 0 radical (unpaired) electrons. The largest absolute Gasteiger partial charge is 0.324 e. The first kappa shape index (κ1) is 21.1. The lowest BCUT2D eigenvalue weighted by Gasteiger charge is -2.24. The Morgan fingerprint density at radius 1 is 1.18 bits per heavy atom. The maximum absolute atomic E-state index is 12.8. The number of fused-ring (bicyclic) bond motifs is 2. The van der Waals surface area contributed by atoms with Crippen molar-refractivity contribution in [3.8, 4) is 0 Å². The predicted octanol–water partition coefficient (Wildman–Crippen LogP) is 2.52. The Labute approximate surface area is 192 Å². The first-order valence-corrected chi connectivity index (χ1v) is 10.9. The highest BCUT2D eigenvalue weighted by atomic mass is 16.2. The van der Waals surface area contributed by atoms with Gasteiger partial charge in [-0.1, -0.05) is 19.9 Å². The van der Waals surface area contributed by atoms with Crippen molar-refractivity contribution in [2.45, 2.75) is 26.2 Å². The fourth-order valence-corrected chi connectivity index (χ4v) is 4.60. The number of nitrogens with one attached hydrogen (secondary N) is 1. The van der Waals surface area contributed by atoms with Gasteiger partial charge in [-0.3, -0.25) is 9.59 Å². The summed E-state index contributed by atoms with van der Waals surface area (Å²) in [5, 5.41) is 11.0. The molecule has 0 saturated heterocycles. The van der Waals surface area contributed by atoms with Crippen molar-refractivity contribution in [2.24, 2.45) is 0 Å². The Hall–Kier alpha value is -3.72. The van der Waals surface area contributed by atoms with Crippen LogP contribution < -0.4 is 10.2 Å². The van der Waals surface area contributed by atoms with Crippen LogP contribution in [0.15, 0.2) is 49.1 Å². The summed E-state index contributed by atoms with van der Waals surface area (Å²) in [7, 11) is 1.95. The molecular weight excluding hydrogens is 418 g/mol. The van der Waals surface area contributed by atoms with Gasteiger partial charge < -0.3 is 15.2 Å². The fraction of sp³-hybridized carbons (Fsp3) is 0.333. The van der Waals surface area contributed by atoms with Crippen molar-refractivity contribution in [3.05, 3.63) is 60.2 Å². The Kier molecular flexibility index (Phi) is 4.93. The van der Waals surface area contributed by atoms with Gasteiger partial charge >= 0.3 is 0 Å². The second kappa shape index (κ2) is 7.70. The second-order valence-electron chi connectivity index (χ2n) is 9.32. The van der Waals surface area contributed by atoms with Crippen molar-refractivity contribution in [2.75, 3.05) is 36.9 Å². The maximum atomic E-state index is 12.8. The van der Waals surface area contributed by atoms with Gasteiger partial charge in [-0.05, 0) is 41.0 Å². The smallest absolute Gasteiger partial charge is 0.245 e. The average molecular weight is 446 g/mol. The lowest BCUT2D eigenvalue weighted by atomic mass is 9.87. The van der Waals surface area contributed by atoms with Crippen molar-refractivity contribution < 1.29 is 9.59 Å². The molecule has 1 aromatic carbocycles. The summed E-state index contributed by atoms with van der Waals surface area (Å²) < 4.78 is 1.72. The SMILES string of the molecule is CC(=O)N1CC(C)(C)c2ccc(NC(=O)CN3C=C(c4ccn5ncnc5c4)CN3C)cc21. The standard InChI is InChI=1S/C24H27N7O2/c1-16(32)30-14-24(2,3)20-6-5-19(10-21(20)30)27-23(33)13-29-12-18(11-28(29)4)17-7-8-31-22(9-17)25-15-26-31/h5-10,12,15H,11,13-14H2,1-4H3,(H,27,33). The van der Waals surface area contributed by atoms with Crippen LogP contribution in [0.1, 0.15) is 31.9 Å². The first-order chi connectivity index (χ1) is 15.7. The topological polar surface area (TPSA) is 86.1 Å². The average Bonchev–Trinajstić information content (AvgIpc) is 3.44. The van der Waals surface area contributed by atoms with Crippen molar-refractivity contribution in [1.82, 2.24) is 24.6 Å². The Bertz CT molecular complexity index is 1290. The number of carbonyl (C=O) groups is 2. The molecule has 170 valence electrons. The molecule has 9 nitrogen and oxygen atoms in total. The van der Waals surface area contributed by atoms with Crippen LogP contribution in [0.2, 0.25) is 0 Å². The molecule has 2 aliphatic heterocycles. The van der Waals surface area contributed by atoms with Crippen molar-refractivity contribution >= 4 is 34.4 Å². The van der Waals surface area contributed by atoms with Crippen molar-refractivity contribution in [3.63, 3.8) is 0 Å². The number of rotatable bonds is 4. The molecule has 5 rings (SSSR count). The molecule has 2 aliphatic rings. The van der Waals surface area contributed by atoms with Crippen LogP contribution >= 0.6 is 0 Å². The lowest BCUT2D eigenvalue weighted by molar-refractivity contribution is -0.119. The second-order valence-corrected chi connectivity index (χ2v) is 9.32. The molecule has 0 aliphatic carbocycles. The number of nitrogens with zero attached hydrogens (tertiary/aromatic N) is 6. The highest BCUT2D eigenvalue weighted by Gasteiger charge is 2.37.